The molecule has 3 aromatic carbocycles. The fourth-order valence-corrected chi connectivity index (χ4v) is 4.75. The van der Waals surface area contributed by atoms with Crippen LogP contribution in [0.2, 0.25) is 0 Å². The lowest BCUT2D eigenvalue weighted by Crippen LogP contribution is -2.39. The maximum atomic E-state index is 13.5. The minimum atomic E-state index is -4.02. The molecule has 0 aliphatic heterocycles. The molecule has 3 rings (SSSR count). The van der Waals surface area contributed by atoms with Crippen molar-refractivity contribution in [2.24, 2.45) is 10.8 Å². The van der Waals surface area contributed by atoms with Gasteiger partial charge in [-0.1, -0.05) is 43.7 Å². The van der Waals surface area contributed by atoms with Gasteiger partial charge in [-0.25, -0.2) is 13.8 Å². The Hall–Kier alpha value is -4.18. The van der Waals surface area contributed by atoms with Crippen molar-refractivity contribution < 1.29 is 22.7 Å². The highest BCUT2D eigenvalue weighted by molar-refractivity contribution is 7.92. The number of hydrazone groups is 1. The average Bonchev–Trinajstić information content (AvgIpc) is 2.87. The first-order valence-electron chi connectivity index (χ1n) is 11.6. The van der Waals surface area contributed by atoms with Gasteiger partial charge >= 0.3 is 0 Å². The van der Waals surface area contributed by atoms with Crippen molar-refractivity contribution in [2.45, 2.75) is 31.6 Å². The molecule has 0 saturated heterocycles. The van der Waals surface area contributed by atoms with Gasteiger partial charge in [-0.2, -0.15) is 5.10 Å². The van der Waals surface area contributed by atoms with Gasteiger partial charge in [0.1, 0.15) is 12.3 Å². The number of rotatable bonds is 11. The lowest BCUT2D eigenvalue weighted by Gasteiger charge is -2.24. The first-order chi connectivity index (χ1) is 17.6. The Balaban J connectivity index is 1.76. The lowest BCUT2D eigenvalue weighted by atomic mass is 10.0. The number of primary amides is 1. The molecule has 0 bridgehead atoms. The highest BCUT2D eigenvalue weighted by Gasteiger charge is 2.27. The molecule has 0 radical (unpaired) electrons. The molecule has 0 aliphatic carbocycles. The summed E-state index contributed by atoms with van der Waals surface area (Å²) in [4.78, 5) is 23.6. The molecule has 194 valence electrons. The summed E-state index contributed by atoms with van der Waals surface area (Å²) >= 11 is 0. The Kier molecular flexibility index (Phi) is 9.02. The normalized spacial score (nSPS) is 11.5. The minimum absolute atomic E-state index is 0.0842. The number of aryl methyl sites for hydroxylation is 1. The van der Waals surface area contributed by atoms with Crippen molar-refractivity contribution >= 4 is 33.7 Å². The standard InChI is InChI=1S/C27H30N4O5S/c1-19(2)22-8-10-23(11-9-22)31(37(34,35)25-14-4-20(3)5-15-25)17-27(33)30-29-16-21-6-12-24(13-7-21)36-18-26(28)32/h4-16,19H,17-18H2,1-3H3,(H2,28,32)(H,30,33)/b29-16-. The SMILES string of the molecule is Cc1ccc(S(=O)(=O)N(CC(=O)N/N=C\c2ccc(OCC(N)=O)cc2)c2ccc(C(C)C)cc2)cc1. The molecule has 0 heterocycles. The molecule has 3 aromatic rings. The van der Waals surface area contributed by atoms with Gasteiger partial charge in [-0.05, 0) is 72.5 Å². The summed E-state index contributed by atoms with van der Waals surface area (Å²) in [6, 6.07) is 20.2. The van der Waals surface area contributed by atoms with Crippen LogP contribution in [0.4, 0.5) is 5.69 Å². The molecule has 2 amide bonds. The lowest BCUT2D eigenvalue weighted by molar-refractivity contribution is -0.120. The smallest absolute Gasteiger partial charge is 0.264 e. The maximum Gasteiger partial charge on any atom is 0.264 e. The Bertz CT molecular complexity index is 1350. The highest BCUT2D eigenvalue weighted by atomic mass is 32.2. The largest absolute Gasteiger partial charge is 0.484 e. The van der Waals surface area contributed by atoms with Gasteiger partial charge in [-0.3, -0.25) is 13.9 Å². The van der Waals surface area contributed by atoms with Crippen LogP contribution in [-0.4, -0.2) is 39.6 Å². The van der Waals surface area contributed by atoms with Crippen molar-refractivity contribution in [2.75, 3.05) is 17.5 Å². The van der Waals surface area contributed by atoms with Crippen LogP contribution < -0.4 is 20.2 Å². The van der Waals surface area contributed by atoms with E-state index >= 15 is 0 Å². The Morgan fingerprint density at radius 3 is 2.19 bits per heavy atom. The van der Waals surface area contributed by atoms with Crippen LogP contribution in [0.5, 0.6) is 5.75 Å². The quantitative estimate of drug-likeness (QED) is 0.295. The third kappa shape index (κ3) is 7.65. The van der Waals surface area contributed by atoms with Crippen LogP contribution in [0.1, 0.15) is 36.5 Å². The summed E-state index contributed by atoms with van der Waals surface area (Å²) < 4.78 is 33.2. The number of nitrogens with one attached hydrogen (secondary N) is 1. The predicted molar refractivity (Wildman–Crippen MR) is 143 cm³/mol. The van der Waals surface area contributed by atoms with Crippen LogP contribution >= 0.6 is 0 Å². The number of sulfonamides is 1. The van der Waals surface area contributed by atoms with E-state index in [0.717, 1.165) is 15.4 Å². The van der Waals surface area contributed by atoms with E-state index < -0.39 is 28.4 Å². The zero-order valence-corrected chi connectivity index (χ0v) is 21.7. The van der Waals surface area contributed by atoms with Gasteiger partial charge in [-0.15, -0.1) is 0 Å². The van der Waals surface area contributed by atoms with Crippen molar-refractivity contribution in [1.82, 2.24) is 5.43 Å². The van der Waals surface area contributed by atoms with Gasteiger partial charge in [0.05, 0.1) is 16.8 Å². The van der Waals surface area contributed by atoms with E-state index in [1.165, 1.54) is 18.3 Å². The zero-order valence-electron chi connectivity index (χ0n) is 20.9. The fourth-order valence-electron chi connectivity index (χ4n) is 3.33. The minimum Gasteiger partial charge on any atom is -0.484 e. The Labute approximate surface area is 217 Å². The molecular formula is C27H30N4O5S. The number of benzene rings is 3. The van der Waals surface area contributed by atoms with Crippen LogP contribution in [-0.2, 0) is 19.6 Å². The molecule has 0 aromatic heterocycles. The summed E-state index contributed by atoms with van der Waals surface area (Å²) in [6.45, 7) is 5.26. The van der Waals surface area contributed by atoms with E-state index in [0.29, 0.717) is 17.0 Å². The molecule has 0 unspecified atom stereocenters. The number of carbonyl (C=O) groups excluding carboxylic acids is 2. The molecule has 0 spiro atoms. The van der Waals surface area contributed by atoms with Gasteiger partial charge in [0.25, 0.3) is 21.8 Å². The highest BCUT2D eigenvalue weighted by Crippen LogP contribution is 2.26. The van der Waals surface area contributed by atoms with Gasteiger partial charge in [0.15, 0.2) is 6.61 Å². The topological polar surface area (TPSA) is 131 Å². The number of nitrogens with zero attached hydrogens (tertiary/aromatic N) is 2. The Morgan fingerprint density at radius 1 is 1.00 bits per heavy atom. The molecule has 0 atom stereocenters. The van der Waals surface area contributed by atoms with Crippen molar-refractivity contribution in [3.05, 3.63) is 89.5 Å². The molecule has 0 fully saturated rings. The number of anilines is 1. The van der Waals surface area contributed by atoms with E-state index in [1.54, 1.807) is 48.5 Å². The van der Waals surface area contributed by atoms with Crippen LogP contribution in [0, 0.1) is 6.92 Å². The molecule has 0 aliphatic rings. The van der Waals surface area contributed by atoms with Gasteiger partial charge < -0.3 is 10.5 Å². The number of hydrogen-bond donors (Lipinski definition) is 2. The average molecular weight is 523 g/mol. The first kappa shape index (κ1) is 27.4. The summed E-state index contributed by atoms with van der Waals surface area (Å²) in [5.41, 5.74) is 10.4. The molecular weight excluding hydrogens is 492 g/mol. The summed E-state index contributed by atoms with van der Waals surface area (Å²) in [5.74, 6) is -0.456. The fraction of sp³-hybridized carbons (Fsp3) is 0.222. The van der Waals surface area contributed by atoms with E-state index in [4.69, 9.17) is 10.5 Å². The predicted octanol–water partition coefficient (Wildman–Crippen LogP) is 3.33. The van der Waals surface area contributed by atoms with E-state index in [1.807, 2.05) is 32.9 Å². The monoisotopic (exact) mass is 522 g/mol. The van der Waals surface area contributed by atoms with E-state index in [-0.39, 0.29) is 17.4 Å². The number of amides is 2. The van der Waals surface area contributed by atoms with E-state index in [2.05, 4.69) is 10.5 Å². The van der Waals surface area contributed by atoms with Gasteiger partial charge in [0, 0.05) is 0 Å². The molecule has 37 heavy (non-hydrogen) atoms. The second-order valence-corrected chi connectivity index (χ2v) is 10.6. The van der Waals surface area contributed by atoms with Crippen LogP contribution in [0.15, 0.2) is 82.8 Å². The zero-order chi connectivity index (χ0) is 27.0. The molecule has 0 saturated carbocycles. The second-order valence-electron chi connectivity index (χ2n) is 8.69. The summed E-state index contributed by atoms with van der Waals surface area (Å²) in [7, 11) is -4.02. The molecule has 10 heteroatoms. The first-order valence-corrected chi connectivity index (χ1v) is 13.0. The van der Waals surface area contributed by atoms with Crippen molar-refractivity contribution in [1.29, 1.82) is 0 Å². The number of carbonyl (C=O) groups is 2. The second kappa shape index (κ2) is 12.2. The summed E-state index contributed by atoms with van der Waals surface area (Å²) in [6.07, 6.45) is 1.41. The number of ether oxygens (including phenoxy) is 1. The number of hydrogen-bond acceptors (Lipinski definition) is 6. The number of nitrogens with two attached hydrogens (primary N) is 1. The maximum absolute atomic E-state index is 13.5. The molecule has 9 nitrogen and oxygen atoms in total. The third-order valence-corrected chi connectivity index (χ3v) is 7.20. The van der Waals surface area contributed by atoms with Crippen LogP contribution in [0.25, 0.3) is 0 Å². The third-order valence-electron chi connectivity index (χ3n) is 5.41. The summed E-state index contributed by atoms with van der Waals surface area (Å²) in [5, 5.41) is 3.93. The van der Waals surface area contributed by atoms with E-state index in [9.17, 15) is 18.0 Å². The molecule has 3 N–H and O–H groups in total. The van der Waals surface area contributed by atoms with Gasteiger partial charge in [0.2, 0.25) is 0 Å². The van der Waals surface area contributed by atoms with Crippen LogP contribution in [0.3, 0.4) is 0 Å². The Morgan fingerprint density at radius 2 is 1.62 bits per heavy atom. The van der Waals surface area contributed by atoms with Crippen molar-refractivity contribution in [3.8, 4) is 5.75 Å². The van der Waals surface area contributed by atoms with Crippen molar-refractivity contribution in [3.63, 3.8) is 0 Å².